The second-order valence-electron chi connectivity index (χ2n) is 4.04. The van der Waals surface area contributed by atoms with Crippen LogP contribution in [0.1, 0.15) is 24.5 Å². The number of nitrogens with one attached hydrogen (secondary N) is 1. The van der Waals surface area contributed by atoms with E-state index in [1.807, 2.05) is 18.2 Å². The van der Waals surface area contributed by atoms with Crippen molar-refractivity contribution in [2.45, 2.75) is 25.4 Å². The normalized spacial score (nSPS) is 22.8. The number of carbonyl (C=O) groups is 1. The molecule has 2 N–H and O–H groups in total. The molecule has 0 bridgehead atoms. The highest BCUT2D eigenvalue weighted by Crippen LogP contribution is 2.38. The Labute approximate surface area is 94.8 Å². The van der Waals surface area contributed by atoms with Gasteiger partial charge < -0.3 is 10.4 Å². The van der Waals surface area contributed by atoms with Gasteiger partial charge in [0, 0.05) is 17.7 Å². The summed E-state index contributed by atoms with van der Waals surface area (Å²) in [5, 5.41) is 13.0. The molecule has 1 atom stereocenters. The third-order valence-electron chi connectivity index (χ3n) is 3.00. The van der Waals surface area contributed by atoms with Crippen LogP contribution in [0.2, 0.25) is 0 Å². The number of rotatable bonds is 3. The van der Waals surface area contributed by atoms with Crippen LogP contribution < -0.4 is 5.32 Å². The first-order valence-corrected chi connectivity index (χ1v) is 5.40. The predicted octanol–water partition coefficient (Wildman–Crippen LogP) is 1.96. The van der Waals surface area contributed by atoms with Gasteiger partial charge in [0.15, 0.2) is 5.60 Å². The fourth-order valence-corrected chi connectivity index (χ4v) is 2.03. The summed E-state index contributed by atoms with van der Waals surface area (Å²) in [4.78, 5) is 11.7. The quantitative estimate of drug-likeness (QED) is 0.760. The van der Waals surface area contributed by atoms with Gasteiger partial charge in [-0.25, -0.2) is 0 Å². The average Bonchev–Trinajstić information content (AvgIpc) is 2.51. The molecule has 1 aromatic rings. The number of anilines is 1. The van der Waals surface area contributed by atoms with Gasteiger partial charge in [0.2, 0.25) is 0 Å². The van der Waals surface area contributed by atoms with E-state index in [2.05, 4.69) is 18.8 Å². The van der Waals surface area contributed by atoms with E-state index in [1.165, 1.54) is 0 Å². The fraction of sp³-hybridized carbons (Fsp3) is 0.308. The third-order valence-corrected chi connectivity index (χ3v) is 3.00. The van der Waals surface area contributed by atoms with E-state index in [4.69, 9.17) is 0 Å². The Kier molecular flexibility index (Phi) is 2.56. The van der Waals surface area contributed by atoms with E-state index in [1.54, 1.807) is 6.08 Å². The topological polar surface area (TPSA) is 49.3 Å². The molecule has 0 aliphatic carbocycles. The minimum Gasteiger partial charge on any atom is -0.375 e. The smallest absolute Gasteiger partial charge is 0.261 e. The van der Waals surface area contributed by atoms with Crippen LogP contribution in [0.15, 0.2) is 30.9 Å². The van der Waals surface area contributed by atoms with Crippen LogP contribution in [-0.2, 0) is 16.8 Å². The zero-order valence-electron chi connectivity index (χ0n) is 9.29. The Bertz CT molecular complexity index is 453. The van der Waals surface area contributed by atoms with Crippen LogP contribution in [0.4, 0.5) is 5.69 Å². The van der Waals surface area contributed by atoms with Crippen molar-refractivity contribution in [2.75, 3.05) is 5.32 Å². The maximum atomic E-state index is 11.7. The van der Waals surface area contributed by atoms with Gasteiger partial charge in [0.25, 0.3) is 5.91 Å². The lowest BCUT2D eigenvalue weighted by Gasteiger charge is -2.18. The van der Waals surface area contributed by atoms with E-state index in [0.29, 0.717) is 11.3 Å². The second kappa shape index (κ2) is 3.76. The van der Waals surface area contributed by atoms with Crippen molar-refractivity contribution in [2.24, 2.45) is 0 Å². The number of benzene rings is 1. The molecule has 3 heteroatoms. The minimum absolute atomic E-state index is 0.233. The highest BCUT2D eigenvalue weighted by molar-refractivity contribution is 6.05. The van der Waals surface area contributed by atoms with Crippen molar-refractivity contribution in [3.05, 3.63) is 42.0 Å². The maximum absolute atomic E-state index is 11.7. The molecule has 3 nitrogen and oxygen atoms in total. The minimum atomic E-state index is -1.44. The lowest BCUT2D eigenvalue weighted by Crippen LogP contribution is -2.33. The monoisotopic (exact) mass is 217 g/mol. The number of amides is 1. The summed E-state index contributed by atoms with van der Waals surface area (Å²) in [7, 11) is 0. The van der Waals surface area contributed by atoms with Crippen LogP contribution in [0.3, 0.4) is 0 Å². The van der Waals surface area contributed by atoms with E-state index < -0.39 is 5.60 Å². The lowest BCUT2D eigenvalue weighted by atomic mass is 9.91. The van der Waals surface area contributed by atoms with Gasteiger partial charge in [-0.15, -0.1) is 6.58 Å². The summed E-state index contributed by atoms with van der Waals surface area (Å²) >= 11 is 0. The van der Waals surface area contributed by atoms with Crippen molar-refractivity contribution in [3.63, 3.8) is 0 Å². The van der Waals surface area contributed by atoms with Crippen LogP contribution in [0, 0.1) is 0 Å². The number of hydrogen-bond acceptors (Lipinski definition) is 2. The van der Waals surface area contributed by atoms with Gasteiger partial charge in [0.05, 0.1) is 0 Å². The first-order valence-electron chi connectivity index (χ1n) is 5.40. The first kappa shape index (κ1) is 10.9. The van der Waals surface area contributed by atoms with Gasteiger partial charge in [-0.1, -0.05) is 25.1 Å². The van der Waals surface area contributed by atoms with E-state index in [-0.39, 0.29) is 12.3 Å². The summed E-state index contributed by atoms with van der Waals surface area (Å²) in [6, 6.07) is 5.66. The summed E-state index contributed by atoms with van der Waals surface area (Å²) < 4.78 is 0. The molecule has 2 rings (SSSR count). The van der Waals surface area contributed by atoms with E-state index in [9.17, 15) is 9.90 Å². The molecule has 0 saturated carbocycles. The largest absolute Gasteiger partial charge is 0.375 e. The molecule has 0 spiro atoms. The molecule has 1 aliphatic heterocycles. The summed E-state index contributed by atoms with van der Waals surface area (Å²) in [5.41, 5.74) is 1.06. The molecule has 84 valence electrons. The van der Waals surface area contributed by atoms with Gasteiger partial charge in [0.1, 0.15) is 0 Å². The molecule has 1 aromatic carbocycles. The standard InChI is InChI=1S/C13H15NO2/c1-3-7-13(16)10-6-5-9(4-2)8-11(10)14-12(13)15/h3,5-6,8,16H,1,4,7H2,2H3,(H,14,15). The van der Waals surface area contributed by atoms with Crippen LogP contribution >= 0.6 is 0 Å². The van der Waals surface area contributed by atoms with Crippen molar-refractivity contribution < 1.29 is 9.90 Å². The Morgan fingerprint density at radius 2 is 2.31 bits per heavy atom. The molecule has 1 unspecified atom stereocenters. The molecule has 1 amide bonds. The van der Waals surface area contributed by atoms with Crippen LogP contribution in [-0.4, -0.2) is 11.0 Å². The summed E-state index contributed by atoms with van der Waals surface area (Å²) in [6.07, 6.45) is 2.70. The zero-order chi connectivity index (χ0) is 11.8. The molecule has 0 saturated heterocycles. The molecule has 0 fully saturated rings. The molecule has 1 aliphatic rings. The predicted molar refractivity (Wildman–Crippen MR) is 63.2 cm³/mol. The number of fused-ring (bicyclic) bond motifs is 1. The molecule has 0 radical (unpaired) electrons. The van der Waals surface area contributed by atoms with Crippen molar-refractivity contribution >= 4 is 11.6 Å². The Morgan fingerprint density at radius 3 is 2.94 bits per heavy atom. The molecular formula is C13H15NO2. The highest BCUT2D eigenvalue weighted by Gasteiger charge is 2.43. The number of aryl methyl sites for hydroxylation is 1. The second-order valence-corrected chi connectivity index (χ2v) is 4.04. The highest BCUT2D eigenvalue weighted by atomic mass is 16.3. The van der Waals surface area contributed by atoms with Crippen LogP contribution in [0.5, 0.6) is 0 Å². The van der Waals surface area contributed by atoms with E-state index >= 15 is 0 Å². The Hall–Kier alpha value is -1.61. The Morgan fingerprint density at radius 1 is 1.56 bits per heavy atom. The molecule has 1 heterocycles. The third kappa shape index (κ3) is 1.44. The summed E-state index contributed by atoms with van der Waals surface area (Å²) in [5.74, 6) is -0.365. The molecular weight excluding hydrogens is 202 g/mol. The van der Waals surface area contributed by atoms with Gasteiger partial charge in [-0.2, -0.15) is 0 Å². The van der Waals surface area contributed by atoms with Crippen molar-refractivity contribution in [1.29, 1.82) is 0 Å². The van der Waals surface area contributed by atoms with Gasteiger partial charge in [-0.05, 0) is 18.1 Å². The van der Waals surface area contributed by atoms with Crippen molar-refractivity contribution in [3.8, 4) is 0 Å². The fourth-order valence-electron chi connectivity index (χ4n) is 2.03. The van der Waals surface area contributed by atoms with Gasteiger partial charge in [-0.3, -0.25) is 4.79 Å². The average molecular weight is 217 g/mol. The number of hydrogen-bond donors (Lipinski definition) is 2. The number of carbonyl (C=O) groups excluding carboxylic acids is 1. The molecule has 16 heavy (non-hydrogen) atoms. The Balaban J connectivity index is 2.50. The van der Waals surface area contributed by atoms with Crippen molar-refractivity contribution in [1.82, 2.24) is 0 Å². The van der Waals surface area contributed by atoms with Crippen LogP contribution in [0.25, 0.3) is 0 Å². The SMILES string of the molecule is C=CCC1(O)C(=O)Nc2cc(CC)ccc21. The first-order chi connectivity index (χ1) is 7.61. The summed E-state index contributed by atoms with van der Waals surface area (Å²) in [6.45, 7) is 5.62. The van der Waals surface area contributed by atoms with Gasteiger partial charge >= 0.3 is 0 Å². The number of aliphatic hydroxyl groups is 1. The maximum Gasteiger partial charge on any atom is 0.261 e. The zero-order valence-corrected chi connectivity index (χ0v) is 9.29. The lowest BCUT2D eigenvalue weighted by molar-refractivity contribution is -0.133. The molecule has 0 aromatic heterocycles. The van der Waals surface area contributed by atoms with E-state index in [0.717, 1.165) is 12.0 Å².